The van der Waals surface area contributed by atoms with E-state index in [-0.39, 0.29) is 11.9 Å². The van der Waals surface area contributed by atoms with Gasteiger partial charge in [-0.1, -0.05) is 12.1 Å². The number of benzene rings is 1. The largest absolute Gasteiger partial charge is 0.348 e. The van der Waals surface area contributed by atoms with E-state index in [1.165, 1.54) is 0 Å². The number of carbonyl (C=O) groups excluding carboxylic acids is 1. The number of alkyl halides is 2. The summed E-state index contributed by atoms with van der Waals surface area (Å²) in [5.74, 6) is 0.463. The smallest absolute Gasteiger partial charge is 0.320 e. The Bertz CT molecular complexity index is 768. The van der Waals surface area contributed by atoms with Gasteiger partial charge in [0.15, 0.2) is 0 Å². The Morgan fingerprint density at radius 2 is 1.85 bits per heavy atom. The molecule has 1 aromatic heterocycles. The monoisotopic (exact) mass is 365 g/mol. The Labute approximate surface area is 152 Å². The summed E-state index contributed by atoms with van der Waals surface area (Å²) in [5.41, 5.74) is 1.05. The Balaban J connectivity index is 1.73. The van der Waals surface area contributed by atoms with Crippen LogP contribution in [0.5, 0.6) is 0 Å². The fourth-order valence-electron chi connectivity index (χ4n) is 3.37. The van der Waals surface area contributed by atoms with Gasteiger partial charge in [0, 0.05) is 40.3 Å². The van der Waals surface area contributed by atoms with Crippen LogP contribution < -0.4 is 0 Å². The molecule has 142 valence electrons. The van der Waals surface area contributed by atoms with Crippen molar-refractivity contribution in [2.45, 2.75) is 19.5 Å². The summed E-state index contributed by atoms with van der Waals surface area (Å²) in [6.45, 7) is 2.59. The van der Waals surface area contributed by atoms with Crippen molar-refractivity contribution in [2.24, 2.45) is 0 Å². The van der Waals surface area contributed by atoms with Crippen LogP contribution in [0.25, 0.3) is 11.0 Å². The van der Waals surface area contributed by atoms with Crippen LogP contribution in [0.1, 0.15) is 25.3 Å². The summed E-state index contributed by atoms with van der Waals surface area (Å²) >= 11 is 0. The second-order valence-electron chi connectivity index (χ2n) is 6.88. The van der Waals surface area contributed by atoms with E-state index in [0.717, 1.165) is 17.7 Å². The summed E-state index contributed by atoms with van der Waals surface area (Å²) in [7, 11) is 3.49. The molecule has 0 saturated carbocycles. The van der Waals surface area contributed by atoms with Gasteiger partial charge in [-0.15, -0.1) is 0 Å². The Morgan fingerprint density at radius 3 is 2.46 bits per heavy atom. The lowest BCUT2D eigenvalue weighted by atomic mass is 10.2. The van der Waals surface area contributed by atoms with Gasteiger partial charge >= 0.3 is 6.55 Å². The van der Waals surface area contributed by atoms with E-state index in [0.29, 0.717) is 36.5 Å². The highest BCUT2D eigenvalue weighted by Gasteiger charge is 2.28. The number of carbonyl (C=O) groups is 1. The van der Waals surface area contributed by atoms with Crippen LogP contribution in [-0.2, 0) is 4.79 Å². The maximum atomic E-state index is 13.7. The first-order chi connectivity index (χ1) is 12.4. The molecule has 1 aliphatic rings. The molecule has 2 aromatic rings. The number of hydrogen-bond acceptors (Lipinski definition) is 4. The molecule has 26 heavy (non-hydrogen) atoms. The molecule has 0 aliphatic carbocycles. The predicted octanol–water partition coefficient (Wildman–Crippen LogP) is 2.20. The van der Waals surface area contributed by atoms with Crippen molar-refractivity contribution in [3.8, 4) is 0 Å². The van der Waals surface area contributed by atoms with Crippen LogP contribution in [0.2, 0.25) is 0 Å². The van der Waals surface area contributed by atoms with E-state index in [1.54, 1.807) is 43.3 Å². The number of rotatable bonds is 5. The van der Waals surface area contributed by atoms with Gasteiger partial charge in [0.05, 0.1) is 23.6 Å². The molecule has 0 N–H and O–H groups in total. The van der Waals surface area contributed by atoms with E-state index in [9.17, 15) is 13.6 Å². The van der Waals surface area contributed by atoms with Crippen molar-refractivity contribution < 1.29 is 13.6 Å². The van der Waals surface area contributed by atoms with Crippen molar-refractivity contribution >= 4 is 16.9 Å². The number of hydrogen-bond donors (Lipinski definition) is 0. The van der Waals surface area contributed by atoms with Crippen LogP contribution in [-0.4, -0.2) is 77.0 Å². The molecule has 3 rings (SSSR count). The molecular formula is C18H25F2N5O. The first-order valence-corrected chi connectivity index (χ1v) is 8.80. The summed E-state index contributed by atoms with van der Waals surface area (Å²) in [5, 5.41) is 0. The first-order valence-electron chi connectivity index (χ1n) is 8.80. The molecule has 0 radical (unpaired) electrons. The van der Waals surface area contributed by atoms with E-state index in [1.807, 2.05) is 6.92 Å². The van der Waals surface area contributed by atoms with Crippen molar-refractivity contribution in [1.29, 1.82) is 0 Å². The van der Waals surface area contributed by atoms with E-state index < -0.39 is 6.55 Å². The molecule has 0 bridgehead atoms. The summed E-state index contributed by atoms with van der Waals surface area (Å²) in [6, 6.07) is 6.77. The quantitative estimate of drug-likeness (QED) is 0.815. The van der Waals surface area contributed by atoms with Crippen LogP contribution in [0.4, 0.5) is 8.78 Å². The number of nitrogens with zero attached hydrogens (tertiary/aromatic N) is 5. The minimum Gasteiger partial charge on any atom is -0.348 e. The molecule has 0 spiro atoms. The lowest BCUT2D eigenvalue weighted by Crippen LogP contribution is -2.50. The topological polar surface area (TPSA) is 44.6 Å². The zero-order valence-corrected chi connectivity index (χ0v) is 15.4. The molecule has 1 aliphatic heterocycles. The zero-order valence-electron chi connectivity index (χ0n) is 15.4. The normalized spacial score (nSPS) is 17.8. The van der Waals surface area contributed by atoms with Crippen molar-refractivity contribution in [3.63, 3.8) is 0 Å². The fourth-order valence-corrected chi connectivity index (χ4v) is 3.37. The Kier molecular flexibility index (Phi) is 5.52. The SMILES string of the molecule is C[C@H](c1nc2ccccc2n1C(F)F)N1CCN(CC(=O)N(C)C)CC1. The van der Waals surface area contributed by atoms with Gasteiger partial charge in [-0.05, 0) is 19.1 Å². The highest BCUT2D eigenvalue weighted by Crippen LogP contribution is 2.29. The second-order valence-corrected chi connectivity index (χ2v) is 6.88. The number of fused-ring (bicyclic) bond motifs is 1. The van der Waals surface area contributed by atoms with Gasteiger partial charge in [0.1, 0.15) is 5.82 Å². The first kappa shape index (κ1) is 18.7. The molecule has 1 saturated heterocycles. The fraction of sp³-hybridized carbons (Fsp3) is 0.556. The van der Waals surface area contributed by atoms with Gasteiger partial charge in [0.25, 0.3) is 0 Å². The van der Waals surface area contributed by atoms with Gasteiger partial charge in [-0.3, -0.25) is 19.2 Å². The average molecular weight is 365 g/mol. The molecule has 6 nitrogen and oxygen atoms in total. The van der Waals surface area contributed by atoms with Crippen molar-refractivity contribution in [3.05, 3.63) is 30.1 Å². The van der Waals surface area contributed by atoms with Crippen LogP contribution in [0.3, 0.4) is 0 Å². The number of para-hydroxylation sites is 2. The van der Waals surface area contributed by atoms with Gasteiger partial charge in [-0.2, -0.15) is 8.78 Å². The van der Waals surface area contributed by atoms with E-state index in [2.05, 4.69) is 14.8 Å². The van der Waals surface area contributed by atoms with Crippen LogP contribution >= 0.6 is 0 Å². The molecule has 8 heteroatoms. The molecule has 1 amide bonds. The summed E-state index contributed by atoms with van der Waals surface area (Å²) < 4.78 is 28.3. The average Bonchev–Trinajstić information content (AvgIpc) is 3.01. The van der Waals surface area contributed by atoms with Gasteiger partial charge < -0.3 is 4.90 Å². The van der Waals surface area contributed by atoms with Gasteiger partial charge in [0.2, 0.25) is 5.91 Å². The number of piperazine rings is 1. The standard InChI is InChI=1S/C18H25F2N5O/c1-13(24-10-8-23(9-11-24)12-16(26)22(2)3)17-21-14-6-4-5-7-15(14)25(17)18(19)20/h4-7,13,18H,8-12H2,1-3H3/t13-/m1/s1. The molecule has 1 fully saturated rings. The number of likely N-dealkylation sites (N-methyl/N-ethyl adjacent to an activating group) is 1. The Morgan fingerprint density at radius 1 is 1.19 bits per heavy atom. The maximum absolute atomic E-state index is 13.7. The summed E-state index contributed by atoms with van der Waals surface area (Å²) in [4.78, 5) is 22.1. The Hall–Kier alpha value is -2.06. The van der Waals surface area contributed by atoms with Crippen molar-refractivity contribution in [1.82, 2.24) is 24.3 Å². The molecule has 1 atom stereocenters. The number of imidazole rings is 1. The third kappa shape index (κ3) is 3.71. The highest BCUT2D eigenvalue weighted by atomic mass is 19.3. The van der Waals surface area contributed by atoms with E-state index >= 15 is 0 Å². The predicted molar refractivity (Wildman–Crippen MR) is 96.1 cm³/mol. The molecule has 1 aromatic carbocycles. The number of amides is 1. The lowest BCUT2D eigenvalue weighted by Gasteiger charge is -2.37. The third-order valence-electron chi connectivity index (χ3n) is 5.00. The zero-order chi connectivity index (χ0) is 18.8. The highest BCUT2D eigenvalue weighted by molar-refractivity contribution is 5.77. The van der Waals surface area contributed by atoms with Crippen LogP contribution in [0, 0.1) is 0 Å². The maximum Gasteiger partial charge on any atom is 0.320 e. The summed E-state index contributed by atoms with van der Waals surface area (Å²) in [6.07, 6.45) is 0. The van der Waals surface area contributed by atoms with Gasteiger partial charge in [-0.25, -0.2) is 4.98 Å². The minimum atomic E-state index is -2.63. The molecule has 0 unspecified atom stereocenters. The molecular weight excluding hydrogens is 340 g/mol. The van der Waals surface area contributed by atoms with Crippen LogP contribution in [0.15, 0.2) is 24.3 Å². The second kappa shape index (κ2) is 7.67. The molecule has 2 heterocycles. The van der Waals surface area contributed by atoms with E-state index in [4.69, 9.17) is 0 Å². The minimum absolute atomic E-state index is 0.0750. The third-order valence-corrected chi connectivity index (χ3v) is 5.00. The number of halogens is 2. The van der Waals surface area contributed by atoms with Crippen molar-refractivity contribution in [2.75, 3.05) is 46.8 Å². The number of aromatic nitrogens is 2. The lowest BCUT2D eigenvalue weighted by molar-refractivity contribution is -0.130.